The summed E-state index contributed by atoms with van der Waals surface area (Å²) in [5, 5.41) is 14.3. The average molecular weight is 474 g/mol. The third-order valence-corrected chi connectivity index (χ3v) is 18.0. The summed E-state index contributed by atoms with van der Waals surface area (Å²) in [5.74, 6) is 0. The predicted octanol–water partition coefficient (Wildman–Crippen LogP) is 5.10. The molecule has 0 heterocycles. The summed E-state index contributed by atoms with van der Waals surface area (Å²) in [6, 6.07) is 38.0. The summed E-state index contributed by atoms with van der Waals surface area (Å²) in [6.07, 6.45) is 0. The van der Waals surface area contributed by atoms with Crippen LogP contribution in [0.15, 0.2) is 121 Å². The number of nitriles is 1. The summed E-state index contributed by atoms with van der Waals surface area (Å²) < 4.78 is 0. The Kier molecular flexibility index (Phi) is 6.66. The van der Waals surface area contributed by atoms with Gasteiger partial charge in [-0.05, 0) is 21.2 Å². The highest BCUT2D eigenvalue weighted by atomic mass is 32.5. The van der Waals surface area contributed by atoms with Gasteiger partial charge in [-0.1, -0.05) is 145 Å². The largest absolute Gasteiger partial charge is 0.197 e. The second-order valence-electron chi connectivity index (χ2n) is 7.16. The first-order valence-electron chi connectivity index (χ1n) is 9.93. The fraction of sp³-hybridized carbons (Fsp3) is 0.0385. The maximum atomic E-state index is 10.7. The molecule has 0 bridgehead atoms. The van der Waals surface area contributed by atoms with Gasteiger partial charge in [0.2, 0.25) is 0 Å². The van der Waals surface area contributed by atoms with Crippen molar-refractivity contribution >= 4 is 56.9 Å². The molecule has 0 amide bonds. The van der Waals surface area contributed by atoms with Gasteiger partial charge in [0.25, 0.3) is 0 Å². The summed E-state index contributed by atoms with van der Waals surface area (Å²) in [7, 11) is 0. The maximum Gasteiger partial charge on any atom is 0.119 e. The van der Waals surface area contributed by atoms with Crippen molar-refractivity contribution in [2.45, 2.75) is 5.40 Å². The Hall–Kier alpha value is -2.33. The summed E-state index contributed by atoms with van der Waals surface area (Å²) in [5.41, 5.74) is 0. The van der Waals surface area contributed by atoms with E-state index in [0.717, 1.165) is 21.2 Å². The number of nitrogens with zero attached hydrogens (tertiary/aromatic N) is 1. The van der Waals surface area contributed by atoms with Gasteiger partial charge in [0, 0.05) is 12.1 Å². The number of hydrogen-bond donors (Lipinski definition) is 0. The Labute approximate surface area is 194 Å². The van der Waals surface area contributed by atoms with Crippen molar-refractivity contribution in [2.75, 3.05) is 0 Å². The third-order valence-electron chi connectivity index (χ3n) is 5.36. The lowest BCUT2D eigenvalue weighted by atomic mass is 10.4. The first-order chi connectivity index (χ1) is 15.1. The van der Waals surface area contributed by atoms with Gasteiger partial charge in [0.05, 0.1) is 6.07 Å². The Morgan fingerprint density at radius 3 is 0.903 bits per heavy atom. The summed E-state index contributed by atoms with van der Waals surface area (Å²) in [6.45, 7) is 0. The SMILES string of the molecule is N#CC(P(=S)(c1ccccc1)c1ccccc1)P(=S)(c1ccccc1)c1ccccc1. The molecular weight excluding hydrogens is 452 g/mol. The fourth-order valence-electron chi connectivity index (χ4n) is 3.85. The molecule has 0 N–H and O–H groups in total. The van der Waals surface area contributed by atoms with E-state index in [2.05, 4.69) is 54.6 Å². The molecule has 0 atom stereocenters. The van der Waals surface area contributed by atoms with Gasteiger partial charge in [-0.3, -0.25) is 0 Å². The van der Waals surface area contributed by atoms with Crippen molar-refractivity contribution in [3.05, 3.63) is 121 Å². The van der Waals surface area contributed by atoms with Crippen molar-refractivity contribution < 1.29 is 0 Å². The smallest absolute Gasteiger partial charge is 0.119 e. The second-order valence-corrected chi connectivity index (χ2v) is 16.8. The van der Waals surface area contributed by atoms with Crippen LogP contribution < -0.4 is 21.2 Å². The molecule has 4 aromatic rings. The lowest BCUT2D eigenvalue weighted by molar-refractivity contribution is 1.45. The van der Waals surface area contributed by atoms with Crippen LogP contribution >= 0.6 is 12.1 Å². The normalized spacial score (nSPS) is 11.7. The minimum atomic E-state index is -2.57. The van der Waals surface area contributed by atoms with E-state index in [1.54, 1.807) is 0 Å². The zero-order valence-corrected chi connectivity index (χ0v) is 20.2. The molecule has 5 heteroatoms. The zero-order chi connectivity index (χ0) is 21.7. The van der Waals surface area contributed by atoms with Crippen molar-refractivity contribution in [1.82, 2.24) is 0 Å². The first kappa shape index (κ1) is 21.9. The van der Waals surface area contributed by atoms with Crippen LogP contribution in [0.1, 0.15) is 0 Å². The Balaban J connectivity index is 2.06. The minimum absolute atomic E-state index is 0.500. The van der Waals surface area contributed by atoms with Crippen LogP contribution in [-0.4, -0.2) is 5.40 Å². The van der Waals surface area contributed by atoms with Crippen LogP contribution in [0.2, 0.25) is 0 Å². The van der Waals surface area contributed by atoms with Crippen molar-refractivity contribution in [1.29, 1.82) is 5.26 Å². The van der Waals surface area contributed by atoms with E-state index in [1.165, 1.54) is 0 Å². The Bertz CT molecular complexity index is 1100. The van der Waals surface area contributed by atoms with E-state index >= 15 is 0 Å². The molecule has 0 saturated heterocycles. The van der Waals surface area contributed by atoms with Crippen LogP contribution in [0, 0.1) is 11.3 Å². The van der Waals surface area contributed by atoms with E-state index in [1.807, 2.05) is 72.8 Å². The number of hydrogen-bond acceptors (Lipinski definition) is 3. The topological polar surface area (TPSA) is 23.8 Å². The van der Waals surface area contributed by atoms with Crippen LogP contribution in [0.4, 0.5) is 0 Å². The molecule has 152 valence electrons. The van der Waals surface area contributed by atoms with Gasteiger partial charge in [0.15, 0.2) is 0 Å². The van der Waals surface area contributed by atoms with Crippen molar-refractivity contribution in [3.8, 4) is 6.07 Å². The summed E-state index contributed by atoms with van der Waals surface area (Å²) in [4.78, 5) is 0. The van der Waals surface area contributed by atoms with E-state index in [0.29, 0.717) is 0 Å². The quantitative estimate of drug-likeness (QED) is 0.364. The van der Waals surface area contributed by atoms with Gasteiger partial charge in [-0.25, -0.2) is 0 Å². The van der Waals surface area contributed by atoms with Gasteiger partial charge in [-0.15, -0.1) is 0 Å². The standard InChI is InChI=1S/C26H21NP2S2/c27-21-26(28(30,22-13-5-1-6-14-22)23-15-7-2-8-16-23)29(31,24-17-9-3-10-18-24)25-19-11-4-12-20-25/h1-20,26H. The van der Waals surface area contributed by atoms with Crippen LogP contribution in [0.5, 0.6) is 0 Å². The highest BCUT2D eigenvalue weighted by Crippen LogP contribution is 2.66. The summed E-state index contributed by atoms with van der Waals surface area (Å²) >= 11 is 13.1. The van der Waals surface area contributed by atoms with Gasteiger partial charge >= 0.3 is 0 Å². The third kappa shape index (κ3) is 3.98. The molecule has 0 spiro atoms. The highest BCUT2D eigenvalue weighted by Gasteiger charge is 2.43. The monoisotopic (exact) mass is 473 g/mol. The Morgan fingerprint density at radius 1 is 0.484 bits per heavy atom. The van der Waals surface area contributed by atoms with Crippen molar-refractivity contribution in [3.63, 3.8) is 0 Å². The van der Waals surface area contributed by atoms with E-state index in [4.69, 9.17) is 23.6 Å². The van der Waals surface area contributed by atoms with E-state index < -0.39 is 17.5 Å². The van der Waals surface area contributed by atoms with Gasteiger partial charge in [0.1, 0.15) is 5.40 Å². The molecule has 0 radical (unpaired) electrons. The number of rotatable bonds is 6. The van der Waals surface area contributed by atoms with Crippen LogP contribution in [0.25, 0.3) is 0 Å². The lowest BCUT2D eigenvalue weighted by Crippen LogP contribution is -2.31. The molecule has 0 saturated carbocycles. The molecule has 0 aromatic heterocycles. The average Bonchev–Trinajstić information content (AvgIpc) is 2.86. The zero-order valence-electron chi connectivity index (χ0n) is 16.8. The molecular formula is C26H21NP2S2. The predicted molar refractivity (Wildman–Crippen MR) is 142 cm³/mol. The molecule has 4 aromatic carbocycles. The molecule has 0 aliphatic rings. The van der Waals surface area contributed by atoms with Crippen LogP contribution in [-0.2, 0) is 23.6 Å². The minimum Gasteiger partial charge on any atom is -0.197 e. The van der Waals surface area contributed by atoms with Gasteiger partial charge < -0.3 is 0 Å². The lowest BCUT2D eigenvalue weighted by Gasteiger charge is -2.36. The Morgan fingerprint density at radius 2 is 0.710 bits per heavy atom. The van der Waals surface area contributed by atoms with E-state index in [-0.39, 0.29) is 0 Å². The molecule has 4 rings (SSSR count). The molecule has 1 nitrogen and oxygen atoms in total. The molecule has 31 heavy (non-hydrogen) atoms. The van der Waals surface area contributed by atoms with Crippen molar-refractivity contribution in [2.24, 2.45) is 0 Å². The van der Waals surface area contributed by atoms with Crippen LogP contribution in [0.3, 0.4) is 0 Å². The van der Waals surface area contributed by atoms with E-state index in [9.17, 15) is 5.26 Å². The first-order valence-corrected chi connectivity index (χ1v) is 15.7. The molecule has 0 aliphatic heterocycles. The fourth-order valence-corrected chi connectivity index (χ4v) is 16.6. The maximum absolute atomic E-state index is 10.7. The van der Waals surface area contributed by atoms with Gasteiger partial charge in [-0.2, -0.15) is 5.26 Å². The number of benzene rings is 4. The molecule has 0 fully saturated rings. The highest BCUT2D eigenvalue weighted by molar-refractivity contribution is 8.32. The molecule has 0 unspecified atom stereocenters. The second kappa shape index (κ2) is 9.44. The molecule has 0 aliphatic carbocycles.